The summed E-state index contributed by atoms with van der Waals surface area (Å²) in [6.45, 7) is 7.91. The zero-order valence-electron chi connectivity index (χ0n) is 16.4. The molecule has 1 unspecified atom stereocenters. The Kier molecular flexibility index (Phi) is 9.09. The van der Waals surface area contributed by atoms with Gasteiger partial charge >= 0.3 is 0 Å². The molecular weight excluding hydrogens is 354 g/mol. The molecule has 2 rings (SSSR count). The van der Waals surface area contributed by atoms with Gasteiger partial charge in [0, 0.05) is 22.8 Å². The molecular formula is C23H30ClN3. The minimum Gasteiger partial charge on any atom is -0.368 e. The summed E-state index contributed by atoms with van der Waals surface area (Å²) >= 11 is 6.07. The van der Waals surface area contributed by atoms with E-state index in [4.69, 9.17) is 11.6 Å². The summed E-state index contributed by atoms with van der Waals surface area (Å²) in [6.07, 6.45) is 8.85. The van der Waals surface area contributed by atoms with Gasteiger partial charge in [0.05, 0.1) is 0 Å². The highest BCUT2D eigenvalue weighted by Crippen LogP contribution is 2.27. The molecule has 0 aliphatic carbocycles. The normalized spacial score (nSPS) is 12.8. The van der Waals surface area contributed by atoms with E-state index < -0.39 is 0 Å². The first-order chi connectivity index (χ1) is 13.1. The van der Waals surface area contributed by atoms with Crippen LogP contribution in [0.5, 0.6) is 0 Å². The van der Waals surface area contributed by atoms with E-state index in [1.165, 1.54) is 11.1 Å². The first-order valence-electron chi connectivity index (χ1n) is 9.47. The fourth-order valence-corrected chi connectivity index (χ4v) is 3.25. The number of hydrogen-bond donors (Lipinski definition) is 1. The molecule has 0 aliphatic heterocycles. The van der Waals surface area contributed by atoms with E-state index >= 15 is 0 Å². The van der Waals surface area contributed by atoms with Crippen LogP contribution in [0.3, 0.4) is 0 Å². The summed E-state index contributed by atoms with van der Waals surface area (Å²) in [7, 11) is 2.19. The van der Waals surface area contributed by atoms with Crippen molar-refractivity contribution >= 4 is 11.6 Å². The third kappa shape index (κ3) is 7.58. The first kappa shape index (κ1) is 21.2. The minimum atomic E-state index is 0.282. The van der Waals surface area contributed by atoms with Gasteiger partial charge in [-0.05, 0) is 88.6 Å². The van der Waals surface area contributed by atoms with Gasteiger partial charge in [-0.25, -0.2) is 0 Å². The minimum absolute atomic E-state index is 0.282. The van der Waals surface area contributed by atoms with E-state index in [1.54, 1.807) is 6.20 Å². The van der Waals surface area contributed by atoms with Gasteiger partial charge in [-0.3, -0.25) is 4.98 Å². The monoisotopic (exact) mass is 383 g/mol. The summed E-state index contributed by atoms with van der Waals surface area (Å²) in [5.74, 6) is 0.282. The zero-order valence-corrected chi connectivity index (χ0v) is 17.1. The second-order valence-electron chi connectivity index (χ2n) is 6.92. The van der Waals surface area contributed by atoms with E-state index in [0.717, 1.165) is 43.1 Å². The lowest BCUT2D eigenvalue weighted by Crippen LogP contribution is -2.23. The largest absolute Gasteiger partial charge is 0.368 e. The maximum atomic E-state index is 6.07. The smallest absolute Gasteiger partial charge is 0.0478 e. The Morgan fingerprint density at radius 3 is 2.67 bits per heavy atom. The molecule has 0 spiro atoms. The van der Waals surface area contributed by atoms with Crippen LogP contribution in [0.4, 0.5) is 0 Å². The molecule has 144 valence electrons. The van der Waals surface area contributed by atoms with Gasteiger partial charge < -0.3 is 10.2 Å². The summed E-state index contributed by atoms with van der Waals surface area (Å²) in [6, 6.07) is 14.3. The lowest BCUT2D eigenvalue weighted by atomic mass is 9.92. The number of benzene rings is 1. The molecule has 0 saturated carbocycles. The Balaban J connectivity index is 1.92. The van der Waals surface area contributed by atoms with Crippen LogP contribution in [0, 0.1) is 0 Å². The summed E-state index contributed by atoms with van der Waals surface area (Å²) in [4.78, 5) is 7.00. The maximum Gasteiger partial charge on any atom is 0.0478 e. The molecule has 0 amide bonds. The second-order valence-corrected chi connectivity index (χ2v) is 7.35. The second kappa shape index (κ2) is 11.6. The number of nitrogens with zero attached hydrogens (tertiary/aromatic N) is 2. The third-order valence-electron chi connectivity index (χ3n) is 4.68. The van der Waals surface area contributed by atoms with Crippen molar-refractivity contribution in [3.63, 3.8) is 0 Å². The molecule has 1 N–H and O–H groups in total. The van der Waals surface area contributed by atoms with E-state index in [9.17, 15) is 0 Å². The van der Waals surface area contributed by atoms with Gasteiger partial charge in [0.2, 0.25) is 0 Å². The van der Waals surface area contributed by atoms with Crippen LogP contribution >= 0.6 is 11.6 Å². The van der Waals surface area contributed by atoms with Crippen LogP contribution in [0.1, 0.15) is 43.4 Å². The average Bonchev–Trinajstić information content (AvgIpc) is 2.68. The molecule has 0 saturated heterocycles. The molecule has 0 fully saturated rings. The lowest BCUT2D eigenvalue weighted by molar-refractivity contribution is 0.318. The molecule has 3 nitrogen and oxygen atoms in total. The molecule has 1 aromatic carbocycles. The highest BCUT2D eigenvalue weighted by atomic mass is 35.5. The molecule has 0 radical (unpaired) electrons. The Hall–Kier alpha value is -2.10. The van der Waals surface area contributed by atoms with Gasteiger partial charge in [0.15, 0.2) is 0 Å². The number of hydrogen-bond acceptors (Lipinski definition) is 3. The molecule has 27 heavy (non-hydrogen) atoms. The number of halogens is 1. The van der Waals surface area contributed by atoms with E-state index in [0.29, 0.717) is 0 Å². The van der Waals surface area contributed by atoms with E-state index in [-0.39, 0.29) is 5.92 Å². The van der Waals surface area contributed by atoms with Gasteiger partial charge in [-0.1, -0.05) is 42.0 Å². The molecule has 0 aliphatic rings. The van der Waals surface area contributed by atoms with Crippen LogP contribution in [-0.4, -0.2) is 30.0 Å². The SMILES string of the molecule is C=CN/C=C(\C)CCCN(C)CCC(c1ccc(Cl)cc1)c1ccccn1. The van der Waals surface area contributed by atoms with Crippen molar-refractivity contribution in [3.8, 4) is 0 Å². The molecule has 1 aromatic heterocycles. The predicted octanol–water partition coefficient (Wildman–Crippen LogP) is 5.61. The van der Waals surface area contributed by atoms with Crippen molar-refractivity contribution in [2.24, 2.45) is 0 Å². The van der Waals surface area contributed by atoms with Crippen LogP contribution in [-0.2, 0) is 0 Å². The Labute approximate surface area is 168 Å². The van der Waals surface area contributed by atoms with Gasteiger partial charge in [0.25, 0.3) is 0 Å². The third-order valence-corrected chi connectivity index (χ3v) is 4.93. The molecule has 1 atom stereocenters. The highest BCUT2D eigenvalue weighted by molar-refractivity contribution is 6.30. The van der Waals surface area contributed by atoms with Crippen LogP contribution in [0.25, 0.3) is 0 Å². The molecule has 1 heterocycles. The van der Waals surface area contributed by atoms with Crippen molar-refractivity contribution < 1.29 is 0 Å². The zero-order chi connectivity index (χ0) is 19.5. The van der Waals surface area contributed by atoms with Crippen LogP contribution in [0.2, 0.25) is 5.02 Å². The molecule has 0 bridgehead atoms. The quantitative estimate of drug-likeness (QED) is 0.546. The Morgan fingerprint density at radius 2 is 2.00 bits per heavy atom. The van der Waals surface area contributed by atoms with Crippen molar-refractivity contribution in [1.29, 1.82) is 0 Å². The highest BCUT2D eigenvalue weighted by Gasteiger charge is 2.16. The van der Waals surface area contributed by atoms with E-state index in [2.05, 4.69) is 60.0 Å². The van der Waals surface area contributed by atoms with Crippen molar-refractivity contribution in [1.82, 2.24) is 15.2 Å². The Morgan fingerprint density at radius 1 is 1.22 bits per heavy atom. The standard InChI is InChI=1S/C23H30ClN3/c1-4-25-18-19(2)8-7-16-27(3)17-14-22(23-9-5-6-15-26-23)20-10-12-21(24)13-11-20/h4-6,9-13,15,18,22,25H,1,7-8,14,16-17H2,2-3H3/b19-18+. The Bertz CT molecular complexity index is 710. The van der Waals surface area contributed by atoms with Crippen LogP contribution in [0.15, 0.2) is 73.2 Å². The number of pyridine rings is 1. The summed E-state index contributed by atoms with van der Waals surface area (Å²) in [5, 5.41) is 3.81. The predicted molar refractivity (Wildman–Crippen MR) is 116 cm³/mol. The average molecular weight is 384 g/mol. The van der Waals surface area contributed by atoms with E-state index in [1.807, 2.05) is 30.6 Å². The lowest BCUT2D eigenvalue weighted by Gasteiger charge is -2.22. The van der Waals surface area contributed by atoms with Crippen molar-refractivity contribution in [2.75, 3.05) is 20.1 Å². The van der Waals surface area contributed by atoms with Gasteiger partial charge in [-0.15, -0.1) is 0 Å². The van der Waals surface area contributed by atoms with Crippen molar-refractivity contribution in [2.45, 2.75) is 32.1 Å². The first-order valence-corrected chi connectivity index (χ1v) is 9.85. The summed E-state index contributed by atoms with van der Waals surface area (Å²) < 4.78 is 0. The molecule has 2 aromatic rings. The number of nitrogens with one attached hydrogen (secondary N) is 1. The van der Waals surface area contributed by atoms with Crippen LogP contribution < -0.4 is 5.32 Å². The fourth-order valence-electron chi connectivity index (χ4n) is 3.12. The number of aromatic nitrogens is 1. The fraction of sp³-hybridized carbons (Fsp3) is 0.348. The van der Waals surface area contributed by atoms with Gasteiger partial charge in [0.1, 0.15) is 0 Å². The van der Waals surface area contributed by atoms with Gasteiger partial charge in [-0.2, -0.15) is 0 Å². The summed E-state index contributed by atoms with van der Waals surface area (Å²) in [5.41, 5.74) is 3.72. The number of rotatable bonds is 11. The number of allylic oxidation sites excluding steroid dienone is 1. The topological polar surface area (TPSA) is 28.2 Å². The molecule has 4 heteroatoms. The maximum absolute atomic E-state index is 6.07. The van der Waals surface area contributed by atoms with Crippen molar-refractivity contribution in [3.05, 3.63) is 89.5 Å².